The molecule has 26 heavy (non-hydrogen) atoms. The maximum Gasteiger partial charge on any atom is 0.407 e. The summed E-state index contributed by atoms with van der Waals surface area (Å²) in [6.07, 6.45) is 4.29. The van der Waals surface area contributed by atoms with Crippen molar-refractivity contribution in [2.45, 2.75) is 71.9 Å². The van der Waals surface area contributed by atoms with Crippen LogP contribution in [0, 0.1) is 0 Å². The van der Waals surface area contributed by atoms with Crippen LogP contribution in [0.4, 0.5) is 4.79 Å². The SMILES string of the molecule is CCNC(=NCC1CCCCN1CC)NCCCNC(=O)OC(C)(C)C. The van der Waals surface area contributed by atoms with Crippen molar-refractivity contribution in [3.63, 3.8) is 0 Å². The van der Waals surface area contributed by atoms with Gasteiger partial charge >= 0.3 is 6.09 Å². The van der Waals surface area contributed by atoms with Crippen LogP contribution in [-0.2, 0) is 4.74 Å². The molecule has 0 aromatic carbocycles. The van der Waals surface area contributed by atoms with Crippen LogP contribution in [0.25, 0.3) is 0 Å². The van der Waals surface area contributed by atoms with E-state index in [0.29, 0.717) is 12.6 Å². The number of nitrogens with one attached hydrogen (secondary N) is 3. The summed E-state index contributed by atoms with van der Waals surface area (Å²) in [6, 6.07) is 0.554. The van der Waals surface area contributed by atoms with Crippen LogP contribution in [0.1, 0.15) is 60.3 Å². The lowest BCUT2D eigenvalue weighted by atomic mass is 10.0. The van der Waals surface area contributed by atoms with Crippen LogP contribution in [0.15, 0.2) is 4.99 Å². The van der Waals surface area contributed by atoms with Crippen molar-refractivity contribution in [2.24, 2.45) is 4.99 Å². The molecule has 0 bridgehead atoms. The molecule has 0 spiro atoms. The Morgan fingerprint density at radius 2 is 1.88 bits per heavy atom. The average Bonchev–Trinajstić information content (AvgIpc) is 2.58. The predicted molar refractivity (Wildman–Crippen MR) is 108 cm³/mol. The van der Waals surface area contributed by atoms with E-state index in [4.69, 9.17) is 9.73 Å². The number of aliphatic imine (C=N–C) groups is 1. The van der Waals surface area contributed by atoms with E-state index in [0.717, 1.165) is 38.6 Å². The average molecular weight is 370 g/mol. The smallest absolute Gasteiger partial charge is 0.407 e. The van der Waals surface area contributed by atoms with E-state index in [9.17, 15) is 4.79 Å². The standard InChI is InChI=1S/C19H39N5O2/c1-6-20-17(23-15-16-11-8-9-14-24(16)7-2)21-12-10-13-22-18(25)26-19(3,4)5/h16H,6-15H2,1-5H3,(H,22,25)(H2,20,21,23). The van der Waals surface area contributed by atoms with Crippen molar-refractivity contribution in [3.8, 4) is 0 Å². The molecule has 0 aromatic heterocycles. The lowest BCUT2D eigenvalue weighted by Crippen LogP contribution is -2.43. The molecule has 1 heterocycles. The summed E-state index contributed by atoms with van der Waals surface area (Å²) in [5.74, 6) is 0.853. The molecular weight excluding hydrogens is 330 g/mol. The number of alkyl carbamates (subject to hydrolysis) is 1. The first-order valence-electron chi connectivity index (χ1n) is 10.1. The molecule has 1 atom stereocenters. The van der Waals surface area contributed by atoms with E-state index in [1.807, 2.05) is 20.8 Å². The zero-order valence-corrected chi connectivity index (χ0v) is 17.4. The van der Waals surface area contributed by atoms with Gasteiger partial charge in [-0.2, -0.15) is 0 Å². The van der Waals surface area contributed by atoms with Gasteiger partial charge in [0, 0.05) is 25.7 Å². The Hall–Kier alpha value is -1.50. The number of amides is 1. The van der Waals surface area contributed by atoms with Gasteiger partial charge in [-0.05, 0) is 60.0 Å². The monoisotopic (exact) mass is 369 g/mol. The van der Waals surface area contributed by atoms with Crippen molar-refractivity contribution in [1.82, 2.24) is 20.9 Å². The molecule has 1 aliphatic rings. The van der Waals surface area contributed by atoms with E-state index in [2.05, 4.69) is 34.7 Å². The van der Waals surface area contributed by atoms with Crippen molar-refractivity contribution in [1.29, 1.82) is 0 Å². The number of carbonyl (C=O) groups is 1. The molecule has 1 amide bonds. The van der Waals surface area contributed by atoms with Crippen LogP contribution in [0.5, 0.6) is 0 Å². The Balaban J connectivity index is 2.30. The van der Waals surface area contributed by atoms with E-state index in [-0.39, 0.29) is 6.09 Å². The fourth-order valence-corrected chi connectivity index (χ4v) is 3.02. The molecule has 1 saturated heterocycles. The van der Waals surface area contributed by atoms with Crippen molar-refractivity contribution >= 4 is 12.1 Å². The minimum absolute atomic E-state index is 0.366. The molecule has 1 unspecified atom stereocenters. The normalized spacial score (nSPS) is 19.1. The summed E-state index contributed by atoms with van der Waals surface area (Å²) >= 11 is 0. The Bertz CT molecular complexity index is 434. The summed E-state index contributed by atoms with van der Waals surface area (Å²) in [6.45, 7) is 15.2. The lowest BCUT2D eigenvalue weighted by molar-refractivity contribution is 0.0527. The molecule has 0 saturated carbocycles. The second kappa shape index (κ2) is 12.0. The highest BCUT2D eigenvalue weighted by molar-refractivity contribution is 5.79. The van der Waals surface area contributed by atoms with E-state index in [1.165, 1.54) is 25.8 Å². The van der Waals surface area contributed by atoms with E-state index >= 15 is 0 Å². The van der Waals surface area contributed by atoms with Crippen molar-refractivity contribution < 1.29 is 9.53 Å². The first-order valence-corrected chi connectivity index (χ1v) is 10.1. The maximum atomic E-state index is 11.6. The highest BCUT2D eigenvalue weighted by Crippen LogP contribution is 2.16. The highest BCUT2D eigenvalue weighted by Gasteiger charge is 2.20. The largest absolute Gasteiger partial charge is 0.444 e. The molecule has 3 N–H and O–H groups in total. The van der Waals surface area contributed by atoms with Crippen LogP contribution in [0.2, 0.25) is 0 Å². The van der Waals surface area contributed by atoms with Gasteiger partial charge < -0.3 is 20.7 Å². The highest BCUT2D eigenvalue weighted by atomic mass is 16.6. The van der Waals surface area contributed by atoms with Gasteiger partial charge in [-0.3, -0.25) is 9.89 Å². The Morgan fingerprint density at radius 3 is 2.54 bits per heavy atom. The third kappa shape index (κ3) is 9.85. The van der Waals surface area contributed by atoms with Gasteiger partial charge in [-0.1, -0.05) is 13.3 Å². The molecule has 0 aliphatic carbocycles. The summed E-state index contributed by atoms with van der Waals surface area (Å²) < 4.78 is 5.22. The fourth-order valence-electron chi connectivity index (χ4n) is 3.02. The number of ether oxygens (including phenoxy) is 1. The summed E-state index contributed by atoms with van der Waals surface area (Å²) in [5, 5.41) is 9.41. The molecule has 0 aromatic rings. The van der Waals surface area contributed by atoms with Crippen molar-refractivity contribution in [2.75, 3.05) is 39.3 Å². The summed E-state index contributed by atoms with van der Waals surface area (Å²) in [7, 11) is 0. The maximum absolute atomic E-state index is 11.6. The molecule has 1 rings (SSSR count). The second-order valence-electron chi connectivity index (χ2n) is 7.71. The van der Waals surface area contributed by atoms with Crippen LogP contribution >= 0.6 is 0 Å². The Labute approximate surface area is 159 Å². The van der Waals surface area contributed by atoms with Gasteiger partial charge in [-0.25, -0.2) is 4.79 Å². The molecule has 1 fully saturated rings. The number of likely N-dealkylation sites (N-methyl/N-ethyl adjacent to an activating group) is 1. The third-order valence-electron chi connectivity index (χ3n) is 4.27. The molecule has 7 heteroatoms. The topological polar surface area (TPSA) is 78.0 Å². The number of likely N-dealkylation sites (tertiary alicyclic amines) is 1. The van der Waals surface area contributed by atoms with Gasteiger partial charge in [0.15, 0.2) is 5.96 Å². The minimum atomic E-state index is -0.460. The molecule has 152 valence electrons. The van der Waals surface area contributed by atoms with Gasteiger partial charge in [-0.15, -0.1) is 0 Å². The summed E-state index contributed by atoms with van der Waals surface area (Å²) in [4.78, 5) is 18.9. The van der Waals surface area contributed by atoms with Gasteiger partial charge in [0.05, 0.1) is 6.54 Å². The third-order valence-corrected chi connectivity index (χ3v) is 4.27. The van der Waals surface area contributed by atoms with E-state index < -0.39 is 5.60 Å². The van der Waals surface area contributed by atoms with Crippen LogP contribution in [-0.4, -0.2) is 67.9 Å². The minimum Gasteiger partial charge on any atom is -0.444 e. The first kappa shape index (κ1) is 22.5. The van der Waals surface area contributed by atoms with Gasteiger partial charge in [0.2, 0.25) is 0 Å². The predicted octanol–water partition coefficient (Wildman–Crippen LogP) is 2.33. The number of rotatable bonds is 8. The number of carbonyl (C=O) groups excluding carboxylic acids is 1. The number of hydrogen-bond acceptors (Lipinski definition) is 4. The zero-order chi connectivity index (χ0) is 19.4. The van der Waals surface area contributed by atoms with E-state index in [1.54, 1.807) is 0 Å². The fraction of sp³-hybridized carbons (Fsp3) is 0.895. The van der Waals surface area contributed by atoms with Crippen LogP contribution in [0.3, 0.4) is 0 Å². The van der Waals surface area contributed by atoms with Gasteiger partial charge in [0.1, 0.15) is 5.60 Å². The molecule has 1 aliphatic heterocycles. The van der Waals surface area contributed by atoms with Crippen molar-refractivity contribution in [3.05, 3.63) is 0 Å². The van der Waals surface area contributed by atoms with Crippen LogP contribution < -0.4 is 16.0 Å². The lowest BCUT2D eigenvalue weighted by Gasteiger charge is -2.33. The summed E-state index contributed by atoms with van der Waals surface area (Å²) in [5.41, 5.74) is -0.460. The number of piperidine rings is 1. The Morgan fingerprint density at radius 1 is 1.15 bits per heavy atom. The number of hydrogen-bond donors (Lipinski definition) is 3. The number of nitrogens with zero attached hydrogens (tertiary/aromatic N) is 2. The van der Waals surface area contributed by atoms with Gasteiger partial charge in [0.25, 0.3) is 0 Å². The second-order valence-corrected chi connectivity index (χ2v) is 7.71. The molecule has 0 radical (unpaired) electrons. The quantitative estimate of drug-likeness (QED) is 0.348. The zero-order valence-electron chi connectivity index (χ0n) is 17.4. The number of guanidine groups is 1. The Kier molecular flexibility index (Phi) is 10.4. The molecular formula is C19H39N5O2. The first-order chi connectivity index (χ1) is 12.4. The molecule has 7 nitrogen and oxygen atoms in total.